The second-order valence-corrected chi connectivity index (χ2v) is 8.43. The van der Waals surface area contributed by atoms with Gasteiger partial charge in [0.1, 0.15) is 17.0 Å². The zero-order valence-corrected chi connectivity index (χ0v) is 19.9. The minimum atomic E-state index is -0.617. The van der Waals surface area contributed by atoms with Crippen LogP contribution in [-0.2, 0) is 4.74 Å². The highest BCUT2D eigenvalue weighted by molar-refractivity contribution is 6.20. The molecule has 0 atom stereocenters. The summed E-state index contributed by atoms with van der Waals surface area (Å²) in [5, 5.41) is 13.3. The fourth-order valence-electron chi connectivity index (χ4n) is 4.84. The Morgan fingerprint density at radius 1 is 1.00 bits per heavy atom. The molecular formula is C28H22N2O6. The van der Waals surface area contributed by atoms with Crippen molar-refractivity contribution in [2.24, 2.45) is 0 Å². The molecule has 0 aliphatic carbocycles. The van der Waals surface area contributed by atoms with Gasteiger partial charge >= 0.3 is 11.6 Å². The largest absolute Gasteiger partial charge is 0.461 e. The van der Waals surface area contributed by atoms with Crippen LogP contribution in [0.1, 0.15) is 28.5 Å². The Bertz CT molecular complexity index is 1730. The van der Waals surface area contributed by atoms with Gasteiger partial charge in [0, 0.05) is 28.5 Å². The maximum Gasteiger partial charge on any atom is 0.355 e. The van der Waals surface area contributed by atoms with Gasteiger partial charge in [0.15, 0.2) is 0 Å². The minimum Gasteiger partial charge on any atom is -0.461 e. The standard InChI is InChI=1S/C28H22N2O6/c1-4-35-28(32)27-24(18-10-6-5-7-11-18)25-23-16(2)15-22(31)36-21(23)14-17(3)26(25)29(27)19-12-8-9-13-20(19)30(33)34/h5-15H,4H2,1-3H3. The Kier molecular flexibility index (Phi) is 5.64. The van der Waals surface area contributed by atoms with Gasteiger partial charge < -0.3 is 9.15 Å². The zero-order chi connectivity index (χ0) is 25.6. The Balaban J connectivity index is 2.13. The molecule has 0 N–H and O–H groups in total. The first-order chi connectivity index (χ1) is 17.3. The number of carbonyl (C=O) groups excluding carboxylic acids is 1. The van der Waals surface area contributed by atoms with Crippen molar-refractivity contribution in [3.8, 4) is 16.8 Å². The smallest absolute Gasteiger partial charge is 0.355 e. The van der Waals surface area contributed by atoms with Crippen LogP contribution in [0, 0.1) is 24.0 Å². The molecule has 0 radical (unpaired) electrons. The summed E-state index contributed by atoms with van der Waals surface area (Å²) in [4.78, 5) is 37.3. The highest BCUT2D eigenvalue weighted by Gasteiger charge is 2.31. The first-order valence-electron chi connectivity index (χ1n) is 11.4. The third-order valence-electron chi connectivity index (χ3n) is 6.18. The van der Waals surface area contributed by atoms with Gasteiger partial charge in [-0.05, 0) is 49.6 Å². The number of nitro benzene ring substituents is 1. The van der Waals surface area contributed by atoms with Crippen LogP contribution in [0.5, 0.6) is 0 Å². The summed E-state index contributed by atoms with van der Waals surface area (Å²) in [6.07, 6.45) is 0. The Morgan fingerprint density at radius 3 is 2.39 bits per heavy atom. The molecule has 0 saturated heterocycles. The van der Waals surface area contributed by atoms with Gasteiger partial charge in [0.05, 0.1) is 17.0 Å². The average molecular weight is 482 g/mol. The molecule has 0 unspecified atom stereocenters. The fourth-order valence-corrected chi connectivity index (χ4v) is 4.84. The summed E-state index contributed by atoms with van der Waals surface area (Å²) < 4.78 is 12.6. The van der Waals surface area contributed by atoms with Gasteiger partial charge in [-0.25, -0.2) is 9.59 Å². The van der Waals surface area contributed by atoms with Gasteiger partial charge in [-0.1, -0.05) is 42.5 Å². The molecule has 0 saturated carbocycles. The van der Waals surface area contributed by atoms with E-state index in [-0.39, 0.29) is 23.7 Å². The number of hydrogen-bond acceptors (Lipinski definition) is 6. The van der Waals surface area contributed by atoms with E-state index in [1.54, 1.807) is 42.7 Å². The normalized spacial score (nSPS) is 11.2. The van der Waals surface area contributed by atoms with Gasteiger partial charge in [0.25, 0.3) is 5.69 Å². The molecule has 0 aliphatic rings. The molecule has 0 bridgehead atoms. The van der Waals surface area contributed by atoms with Crippen LogP contribution in [0.4, 0.5) is 5.69 Å². The minimum absolute atomic E-state index is 0.124. The van der Waals surface area contributed by atoms with E-state index in [1.165, 1.54) is 12.1 Å². The molecule has 8 nitrogen and oxygen atoms in total. The zero-order valence-electron chi connectivity index (χ0n) is 19.9. The number of carbonyl (C=O) groups is 1. The van der Waals surface area contributed by atoms with Crippen molar-refractivity contribution < 1.29 is 18.9 Å². The summed E-state index contributed by atoms with van der Waals surface area (Å²) in [6.45, 7) is 5.45. The quantitative estimate of drug-likeness (QED) is 0.130. The number of nitro groups is 1. The average Bonchev–Trinajstić information content (AvgIpc) is 3.21. The van der Waals surface area contributed by atoms with Crippen molar-refractivity contribution in [2.45, 2.75) is 20.8 Å². The number of hydrogen-bond donors (Lipinski definition) is 0. The molecule has 2 heterocycles. The summed E-state index contributed by atoms with van der Waals surface area (Å²) in [7, 11) is 0. The van der Waals surface area contributed by atoms with E-state index in [2.05, 4.69) is 0 Å². The van der Waals surface area contributed by atoms with E-state index in [0.717, 1.165) is 5.56 Å². The lowest BCUT2D eigenvalue weighted by molar-refractivity contribution is -0.384. The fraction of sp³-hybridized carbons (Fsp3) is 0.143. The number of fused-ring (bicyclic) bond motifs is 3. The number of ether oxygens (including phenoxy) is 1. The molecule has 8 heteroatoms. The van der Waals surface area contributed by atoms with Crippen LogP contribution in [0.3, 0.4) is 0 Å². The van der Waals surface area contributed by atoms with Crippen LogP contribution >= 0.6 is 0 Å². The molecule has 2 aromatic heterocycles. The van der Waals surface area contributed by atoms with Gasteiger partial charge in [0.2, 0.25) is 0 Å². The summed E-state index contributed by atoms with van der Waals surface area (Å²) in [6, 6.07) is 18.7. The second kappa shape index (κ2) is 8.81. The third-order valence-corrected chi connectivity index (χ3v) is 6.18. The Hall–Kier alpha value is -4.72. The number of para-hydroxylation sites is 2. The number of benzene rings is 3. The topological polar surface area (TPSA) is 105 Å². The van der Waals surface area contributed by atoms with Gasteiger partial charge in [-0.15, -0.1) is 0 Å². The molecular weight excluding hydrogens is 460 g/mol. The highest BCUT2D eigenvalue weighted by Crippen LogP contribution is 2.44. The number of esters is 1. The third kappa shape index (κ3) is 3.54. The Morgan fingerprint density at radius 2 is 1.69 bits per heavy atom. The van der Waals surface area contributed by atoms with Crippen LogP contribution in [0.2, 0.25) is 0 Å². The van der Waals surface area contributed by atoms with Crippen molar-refractivity contribution in [1.29, 1.82) is 0 Å². The predicted octanol–water partition coefficient (Wildman–Crippen LogP) is 6.11. The number of aryl methyl sites for hydroxylation is 2. The summed E-state index contributed by atoms with van der Waals surface area (Å²) in [5.74, 6) is -0.617. The predicted molar refractivity (Wildman–Crippen MR) is 137 cm³/mol. The molecule has 3 aromatic carbocycles. The van der Waals surface area contributed by atoms with Crippen molar-refractivity contribution in [3.63, 3.8) is 0 Å². The van der Waals surface area contributed by atoms with Crippen LogP contribution in [0.25, 0.3) is 38.7 Å². The maximum atomic E-state index is 13.6. The second-order valence-electron chi connectivity index (χ2n) is 8.43. The lowest BCUT2D eigenvalue weighted by Crippen LogP contribution is -2.13. The summed E-state index contributed by atoms with van der Waals surface area (Å²) in [5.41, 5.74) is 3.33. The SMILES string of the molecule is CCOC(=O)c1c(-c2ccccc2)c2c3c(C)cc(=O)oc3cc(C)c2n1-c1ccccc1[N+](=O)[O-]. The Labute approximate surface area is 205 Å². The molecule has 5 aromatic rings. The van der Waals surface area contributed by atoms with Crippen molar-refractivity contribution >= 4 is 33.5 Å². The number of nitrogens with zero attached hydrogens (tertiary/aromatic N) is 2. The van der Waals surface area contributed by atoms with E-state index in [4.69, 9.17) is 9.15 Å². The van der Waals surface area contributed by atoms with Crippen LogP contribution in [-0.4, -0.2) is 22.1 Å². The molecule has 0 fully saturated rings. The first kappa shape index (κ1) is 23.0. The monoisotopic (exact) mass is 482 g/mol. The molecule has 180 valence electrons. The molecule has 5 rings (SSSR count). The summed E-state index contributed by atoms with van der Waals surface area (Å²) >= 11 is 0. The van der Waals surface area contributed by atoms with Crippen molar-refractivity contribution in [1.82, 2.24) is 4.57 Å². The lowest BCUT2D eigenvalue weighted by atomic mass is 9.96. The van der Waals surface area contributed by atoms with Gasteiger partial charge in [-0.3, -0.25) is 14.7 Å². The van der Waals surface area contributed by atoms with E-state index in [0.29, 0.717) is 38.6 Å². The lowest BCUT2D eigenvalue weighted by Gasteiger charge is -2.13. The number of rotatable bonds is 5. The van der Waals surface area contributed by atoms with Crippen molar-refractivity contribution in [2.75, 3.05) is 6.61 Å². The van der Waals surface area contributed by atoms with Gasteiger partial charge in [-0.2, -0.15) is 0 Å². The molecule has 0 spiro atoms. The van der Waals surface area contributed by atoms with E-state index < -0.39 is 16.5 Å². The molecule has 0 aliphatic heterocycles. The highest BCUT2D eigenvalue weighted by atomic mass is 16.6. The van der Waals surface area contributed by atoms with E-state index in [9.17, 15) is 19.7 Å². The van der Waals surface area contributed by atoms with E-state index >= 15 is 0 Å². The van der Waals surface area contributed by atoms with Crippen LogP contribution < -0.4 is 5.63 Å². The molecule has 36 heavy (non-hydrogen) atoms. The first-order valence-corrected chi connectivity index (χ1v) is 11.4. The van der Waals surface area contributed by atoms with Crippen LogP contribution in [0.15, 0.2) is 75.9 Å². The van der Waals surface area contributed by atoms with E-state index in [1.807, 2.05) is 37.3 Å². The van der Waals surface area contributed by atoms with Crippen molar-refractivity contribution in [3.05, 3.63) is 104 Å². The number of aromatic nitrogens is 1. The maximum absolute atomic E-state index is 13.6. The molecule has 0 amide bonds.